The van der Waals surface area contributed by atoms with Gasteiger partial charge in [0.05, 0.1) is 16.0 Å². The third kappa shape index (κ3) is 3.07. The minimum absolute atomic E-state index is 0.145. The number of hydrogen-bond acceptors (Lipinski definition) is 6. The number of aromatic amines is 1. The fourth-order valence-corrected chi connectivity index (χ4v) is 4.54. The van der Waals surface area contributed by atoms with Crippen LogP contribution in [0.4, 0.5) is 5.13 Å². The zero-order valence-corrected chi connectivity index (χ0v) is 14.3. The molecule has 0 fully saturated rings. The van der Waals surface area contributed by atoms with Crippen LogP contribution in [0.1, 0.15) is 17.7 Å². The zero-order chi connectivity index (χ0) is 16.5. The van der Waals surface area contributed by atoms with Crippen LogP contribution < -0.4 is 11.0 Å². The van der Waals surface area contributed by atoms with Crippen molar-refractivity contribution in [1.29, 1.82) is 0 Å². The van der Waals surface area contributed by atoms with Gasteiger partial charge in [0.15, 0.2) is 5.13 Å². The van der Waals surface area contributed by atoms with Gasteiger partial charge in [-0.3, -0.25) is 4.79 Å². The van der Waals surface area contributed by atoms with Crippen LogP contribution in [0.25, 0.3) is 10.2 Å². The first-order valence-corrected chi connectivity index (χ1v) is 9.39. The number of fused-ring (bicyclic) bond motifs is 2. The number of amides is 1. The Labute approximate surface area is 145 Å². The topological polar surface area (TPSA) is 87.7 Å². The van der Waals surface area contributed by atoms with Crippen LogP contribution in [-0.2, 0) is 17.6 Å². The van der Waals surface area contributed by atoms with Gasteiger partial charge in [-0.25, -0.2) is 9.78 Å². The Morgan fingerprint density at radius 2 is 2.17 bits per heavy atom. The first kappa shape index (κ1) is 15.3. The molecule has 2 N–H and O–H groups in total. The molecule has 1 aliphatic carbocycles. The van der Waals surface area contributed by atoms with Crippen LogP contribution in [0.5, 0.6) is 0 Å². The van der Waals surface area contributed by atoms with Gasteiger partial charge in [-0.2, -0.15) is 4.98 Å². The van der Waals surface area contributed by atoms with Gasteiger partial charge in [0.1, 0.15) is 5.03 Å². The number of para-hydroxylation sites is 1. The summed E-state index contributed by atoms with van der Waals surface area (Å²) in [5.41, 5.74) is 2.57. The van der Waals surface area contributed by atoms with Crippen LogP contribution in [0, 0.1) is 0 Å². The summed E-state index contributed by atoms with van der Waals surface area (Å²) >= 11 is 2.75. The van der Waals surface area contributed by atoms with E-state index in [1.807, 2.05) is 24.3 Å². The van der Waals surface area contributed by atoms with E-state index in [-0.39, 0.29) is 17.3 Å². The number of thiazole rings is 1. The van der Waals surface area contributed by atoms with Gasteiger partial charge in [0.2, 0.25) is 5.91 Å². The highest BCUT2D eigenvalue weighted by atomic mass is 32.2. The number of hydrogen-bond donors (Lipinski definition) is 2. The molecule has 122 valence electrons. The molecule has 0 saturated heterocycles. The number of nitrogens with zero attached hydrogens (tertiary/aromatic N) is 2. The summed E-state index contributed by atoms with van der Waals surface area (Å²) in [4.78, 5) is 35.0. The Bertz CT molecular complexity index is 947. The van der Waals surface area contributed by atoms with Crippen LogP contribution >= 0.6 is 23.1 Å². The first-order valence-electron chi connectivity index (χ1n) is 7.59. The highest BCUT2D eigenvalue weighted by Gasteiger charge is 2.19. The molecule has 8 heteroatoms. The van der Waals surface area contributed by atoms with Crippen molar-refractivity contribution < 1.29 is 4.79 Å². The highest BCUT2D eigenvalue weighted by molar-refractivity contribution is 8.00. The Morgan fingerprint density at radius 3 is 3.04 bits per heavy atom. The van der Waals surface area contributed by atoms with Crippen molar-refractivity contribution in [3.63, 3.8) is 0 Å². The Balaban J connectivity index is 1.45. The molecule has 0 bridgehead atoms. The van der Waals surface area contributed by atoms with Crippen LogP contribution in [0.3, 0.4) is 0 Å². The fraction of sp³-hybridized carbons (Fsp3) is 0.250. The number of anilines is 1. The molecular weight excluding hydrogens is 344 g/mol. The van der Waals surface area contributed by atoms with E-state index in [2.05, 4.69) is 20.3 Å². The van der Waals surface area contributed by atoms with Gasteiger partial charge in [-0.1, -0.05) is 35.2 Å². The number of aryl methyl sites for hydroxylation is 1. The summed E-state index contributed by atoms with van der Waals surface area (Å²) < 4.78 is 1.04. The molecule has 0 aliphatic heterocycles. The van der Waals surface area contributed by atoms with E-state index in [1.165, 1.54) is 23.1 Å². The van der Waals surface area contributed by atoms with Gasteiger partial charge in [-0.05, 0) is 31.4 Å². The predicted octanol–water partition coefficient (Wildman–Crippen LogP) is 2.60. The van der Waals surface area contributed by atoms with Gasteiger partial charge in [0, 0.05) is 11.3 Å². The van der Waals surface area contributed by atoms with Gasteiger partial charge in [-0.15, -0.1) is 0 Å². The zero-order valence-electron chi connectivity index (χ0n) is 12.7. The third-order valence-corrected chi connectivity index (χ3v) is 5.79. The standard InChI is InChI=1S/C16H14N4O2S2/c21-13(19-16-18-11-5-1-2-7-12(11)24-16)8-23-14-9-4-3-6-10(9)17-15(22)20-14/h1-2,5,7H,3-4,6,8H2,(H,17,20,22)(H,18,19,21). The molecule has 0 unspecified atom stereocenters. The van der Waals surface area contributed by atoms with E-state index in [4.69, 9.17) is 0 Å². The summed E-state index contributed by atoms with van der Waals surface area (Å²) in [7, 11) is 0. The average Bonchev–Trinajstić information content (AvgIpc) is 3.18. The van der Waals surface area contributed by atoms with Crippen molar-refractivity contribution in [3.05, 3.63) is 46.0 Å². The summed E-state index contributed by atoms with van der Waals surface area (Å²) in [5, 5.41) is 4.08. The summed E-state index contributed by atoms with van der Waals surface area (Å²) in [6, 6.07) is 7.75. The van der Waals surface area contributed by atoms with E-state index in [9.17, 15) is 9.59 Å². The molecule has 0 radical (unpaired) electrons. The number of benzene rings is 1. The average molecular weight is 358 g/mol. The van der Waals surface area contributed by atoms with E-state index < -0.39 is 0 Å². The second kappa shape index (κ2) is 6.37. The summed E-state index contributed by atoms with van der Waals surface area (Å²) in [6.07, 6.45) is 2.79. The van der Waals surface area contributed by atoms with E-state index in [0.29, 0.717) is 10.2 Å². The minimum atomic E-state index is -0.343. The number of nitrogens with one attached hydrogen (secondary N) is 2. The summed E-state index contributed by atoms with van der Waals surface area (Å²) in [6.45, 7) is 0. The van der Waals surface area contributed by atoms with Gasteiger partial charge >= 0.3 is 5.69 Å². The number of H-pyrrole nitrogens is 1. The quantitative estimate of drug-likeness (QED) is 0.553. The largest absolute Gasteiger partial charge is 0.346 e. The van der Waals surface area contributed by atoms with Crippen LogP contribution in [-0.4, -0.2) is 26.6 Å². The normalized spacial score (nSPS) is 13.2. The lowest BCUT2D eigenvalue weighted by atomic mass is 10.3. The molecule has 1 aliphatic rings. The SMILES string of the molecule is O=C(CSc1nc(=O)[nH]c2c1CCC2)Nc1nc2ccccc2s1. The van der Waals surface area contributed by atoms with Crippen molar-refractivity contribution in [2.75, 3.05) is 11.1 Å². The van der Waals surface area contributed by atoms with E-state index in [0.717, 1.165) is 40.7 Å². The van der Waals surface area contributed by atoms with Crippen molar-refractivity contribution >= 4 is 44.4 Å². The van der Waals surface area contributed by atoms with Crippen molar-refractivity contribution in [2.24, 2.45) is 0 Å². The lowest BCUT2D eigenvalue weighted by Crippen LogP contribution is -2.17. The van der Waals surface area contributed by atoms with Crippen molar-refractivity contribution in [2.45, 2.75) is 24.3 Å². The Hall–Kier alpha value is -2.19. The molecule has 2 aromatic heterocycles. The number of rotatable bonds is 4. The predicted molar refractivity (Wildman–Crippen MR) is 95.9 cm³/mol. The van der Waals surface area contributed by atoms with Crippen LogP contribution in [0.2, 0.25) is 0 Å². The molecule has 4 rings (SSSR count). The monoisotopic (exact) mass is 358 g/mol. The Morgan fingerprint density at radius 1 is 1.29 bits per heavy atom. The second-order valence-electron chi connectivity index (χ2n) is 5.48. The molecule has 0 saturated carbocycles. The lowest BCUT2D eigenvalue weighted by molar-refractivity contribution is -0.113. The molecule has 0 spiro atoms. The fourth-order valence-electron chi connectivity index (χ4n) is 2.77. The highest BCUT2D eigenvalue weighted by Crippen LogP contribution is 2.28. The van der Waals surface area contributed by atoms with Gasteiger partial charge < -0.3 is 10.3 Å². The van der Waals surface area contributed by atoms with E-state index >= 15 is 0 Å². The molecule has 3 aromatic rings. The van der Waals surface area contributed by atoms with E-state index in [1.54, 1.807) is 0 Å². The number of carbonyl (C=O) groups excluding carboxylic acids is 1. The molecular formula is C16H14N4O2S2. The second-order valence-corrected chi connectivity index (χ2v) is 7.48. The third-order valence-electron chi connectivity index (χ3n) is 3.82. The maximum Gasteiger partial charge on any atom is 0.346 e. The molecule has 0 atom stereocenters. The lowest BCUT2D eigenvalue weighted by Gasteiger charge is -2.06. The first-order chi connectivity index (χ1) is 11.7. The molecule has 2 heterocycles. The Kier molecular flexibility index (Phi) is 4.07. The van der Waals surface area contributed by atoms with Crippen molar-refractivity contribution in [3.8, 4) is 0 Å². The maximum absolute atomic E-state index is 12.2. The number of thioether (sulfide) groups is 1. The molecule has 1 aromatic carbocycles. The smallest absolute Gasteiger partial charge is 0.309 e. The molecule has 6 nitrogen and oxygen atoms in total. The maximum atomic E-state index is 12.2. The minimum Gasteiger partial charge on any atom is -0.309 e. The van der Waals surface area contributed by atoms with Crippen molar-refractivity contribution in [1.82, 2.24) is 15.0 Å². The van der Waals surface area contributed by atoms with Crippen LogP contribution in [0.15, 0.2) is 34.1 Å². The molecule has 1 amide bonds. The number of carbonyl (C=O) groups is 1. The molecule has 24 heavy (non-hydrogen) atoms. The summed E-state index contributed by atoms with van der Waals surface area (Å²) in [5.74, 6) is 0.0617. The van der Waals surface area contributed by atoms with Gasteiger partial charge in [0.25, 0.3) is 0 Å². The number of aromatic nitrogens is 3.